The van der Waals surface area contributed by atoms with Crippen LogP contribution in [0.3, 0.4) is 0 Å². The SMILES string of the molecule is Cn1ncnc1NC(=O)Nc1cnn(CC(=O)O)c1. The van der Waals surface area contributed by atoms with Gasteiger partial charge < -0.3 is 10.4 Å². The molecule has 2 heterocycles. The third-order valence-corrected chi connectivity index (χ3v) is 2.13. The molecule has 2 amide bonds. The van der Waals surface area contributed by atoms with Crippen LogP contribution in [0.25, 0.3) is 0 Å². The average molecular weight is 265 g/mol. The summed E-state index contributed by atoms with van der Waals surface area (Å²) in [6.07, 6.45) is 4.06. The number of hydrogen-bond acceptors (Lipinski definition) is 5. The highest BCUT2D eigenvalue weighted by molar-refractivity contribution is 5.98. The fraction of sp³-hybridized carbons (Fsp3) is 0.222. The van der Waals surface area contributed by atoms with Crippen LogP contribution in [0.15, 0.2) is 18.7 Å². The molecule has 0 aliphatic heterocycles. The second kappa shape index (κ2) is 5.16. The lowest BCUT2D eigenvalue weighted by Crippen LogP contribution is -2.21. The van der Waals surface area contributed by atoms with E-state index in [0.717, 1.165) is 0 Å². The van der Waals surface area contributed by atoms with Crippen molar-refractivity contribution in [2.24, 2.45) is 7.05 Å². The Morgan fingerprint density at radius 1 is 1.37 bits per heavy atom. The van der Waals surface area contributed by atoms with Gasteiger partial charge in [-0.2, -0.15) is 15.2 Å². The normalized spacial score (nSPS) is 10.2. The van der Waals surface area contributed by atoms with Crippen molar-refractivity contribution in [3.63, 3.8) is 0 Å². The van der Waals surface area contributed by atoms with Gasteiger partial charge in [0, 0.05) is 13.2 Å². The van der Waals surface area contributed by atoms with Gasteiger partial charge in [-0.25, -0.2) is 9.48 Å². The van der Waals surface area contributed by atoms with Gasteiger partial charge in [0.05, 0.1) is 11.9 Å². The Labute approximate surface area is 107 Å². The predicted octanol–water partition coefficient (Wildman–Crippen LogP) is -0.260. The molecule has 0 aliphatic carbocycles. The highest BCUT2D eigenvalue weighted by Crippen LogP contribution is 2.06. The molecule has 2 rings (SSSR count). The maximum absolute atomic E-state index is 11.6. The third-order valence-electron chi connectivity index (χ3n) is 2.13. The van der Waals surface area contributed by atoms with Gasteiger partial charge in [0.15, 0.2) is 0 Å². The number of aliphatic carboxylic acids is 1. The van der Waals surface area contributed by atoms with E-state index in [-0.39, 0.29) is 12.5 Å². The molecule has 0 unspecified atom stereocenters. The van der Waals surface area contributed by atoms with Crippen LogP contribution in [0.2, 0.25) is 0 Å². The average Bonchev–Trinajstić information content (AvgIpc) is 2.89. The fourth-order valence-electron chi connectivity index (χ4n) is 1.33. The standard InChI is InChI=1S/C9H11N7O3/c1-15-8(10-5-12-15)14-9(19)13-6-2-11-16(3-6)4-7(17)18/h2-3,5H,4H2,1H3,(H,17,18)(H2,10,12,13,14,19). The minimum atomic E-state index is -1.02. The molecule has 0 aromatic carbocycles. The van der Waals surface area contributed by atoms with Gasteiger partial charge >= 0.3 is 12.0 Å². The number of urea groups is 1. The topological polar surface area (TPSA) is 127 Å². The summed E-state index contributed by atoms with van der Waals surface area (Å²) in [5.74, 6) is -0.728. The molecule has 3 N–H and O–H groups in total. The Bertz CT molecular complexity index is 602. The number of aromatic nitrogens is 5. The summed E-state index contributed by atoms with van der Waals surface area (Å²) >= 11 is 0. The van der Waals surface area contributed by atoms with Crippen LogP contribution in [0.4, 0.5) is 16.4 Å². The fourth-order valence-corrected chi connectivity index (χ4v) is 1.33. The van der Waals surface area contributed by atoms with Gasteiger partial charge in [-0.05, 0) is 0 Å². The van der Waals surface area contributed by atoms with Gasteiger partial charge in [-0.15, -0.1) is 0 Å². The first-order chi connectivity index (χ1) is 9.04. The summed E-state index contributed by atoms with van der Waals surface area (Å²) in [6, 6.07) is -0.522. The van der Waals surface area contributed by atoms with E-state index >= 15 is 0 Å². The molecule has 0 spiro atoms. The first-order valence-corrected chi connectivity index (χ1v) is 5.21. The van der Waals surface area contributed by atoms with Gasteiger partial charge in [0.25, 0.3) is 0 Å². The number of nitrogens with one attached hydrogen (secondary N) is 2. The Balaban J connectivity index is 1.94. The summed E-state index contributed by atoms with van der Waals surface area (Å²) in [5.41, 5.74) is 0.376. The number of carboxylic acid groups (broad SMARTS) is 1. The van der Waals surface area contributed by atoms with E-state index < -0.39 is 12.0 Å². The second-order valence-corrected chi connectivity index (χ2v) is 3.61. The quantitative estimate of drug-likeness (QED) is 0.699. The highest BCUT2D eigenvalue weighted by atomic mass is 16.4. The lowest BCUT2D eigenvalue weighted by atomic mass is 10.5. The smallest absolute Gasteiger partial charge is 0.326 e. The molecule has 100 valence electrons. The summed E-state index contributed by atoms with van der Waals surface area (Å²) in [6.45, 7) is -0.271. The van der Waals surface area contributed by atoms with Crippen LogP contribution in [0.5, 0.6) is 0 Å². The number of carbonyl (C=O) groups is 2. The molecular weight excluding hydrogens is 254 g/mol. The van der Waals surface area contributed by atoms with E-state index in [4.69, 9.17) is 5.11 Å². The van der Waals surface area contributed by atoms with Crippen LogP contribution in [-0.4, -0.2) is 41.7 Å². The van der Waals surface area contributed by atoms with E-state index in [1.54, 1.807) is 7.05 Å². The van der Waals surface area contributed by atoms with Crippen molar-refractivity contribution in [3.8, 4) is 0 Å². The zero-order valence-corrected chi connectivity index (χ0v) is 9.94. The maximum atomic E-state index is 11.6. The molecule has 2 aromatic heterocycles. The highest BCUT2D eigenvalue weighted by Gasteiger charge is 2.08. The summed E-state index contributed by atoms with van der Waals surface area (Å²) in [4.78, 5) is 25.9. The molecule has 0 bridgehead atoms. The number of anilines is 2. The van der Waals surface area contributed by atoms with Gasteiger partial charge in [0.2, 0.25) is 5.95 Å². The minimum absolute atomic E-state index is 0.271. The van der Waals surface area contributed by atoms with Crippen LogP contribution in [0.1, 0.15) is 0 Å². The van der Waals surface area contributed by atoms with E-state index in [0.29, 0.717) is 5.69 Å². The molecule has 10 nitrogen and oxygen atoms in total. The molecule has 2 aromatic rings. The molecular formula is C9H11N7O3. The Kier molecular flexibility index (Phi) is 3.41. The van der Waals surface area contributed by atoms with E-state index in [2.05, 4.69) is 25.8 Å². The number of rotatable bonds is 4. The van der Waals surface area contributed by atoms with Crippen molar-refractivity contribution in [3.05, 3.63) is 18.7 Å². The number of aryl methyl sites for hydroxylation is 1. The lowest BCUT2D eigenvalue weighted by molar-refractivity contribution is -0.137. The molecule has 0 fully saturated rings. The number of nitrogens with zero attached hydrogens (tertiary/aromatic N) is 5. The maximum Gasteiger partial charge on any atom is 0.326 e. The van der Waals surface area contributed by atoms with E-state index in [9.17, 15) is 9.59 Å². The molecule has 10 heteroatoms. The largest absolute Gasteiger partial charge is 0.480 e. The van der Waals surface area contributed by atoms with E-state index in [1.165, 1.54) is 28.1 Å². The zero-order valence-electron chi connectivity index (χ0n) is 9.94. The number of hydrogen-bond donors (Lipinski definition) is 3. The first kappa shape index (κ1) is 12.5. The summed E-state index contributed by atoms with van der Waals surface area (Å²) in [7, 11) is 1.63. The molecule has 0 radical (unpaired) electrons. The van der Waals surface area contributed by atoms with E-state index in [1.807, 2.05) is 0 Å². The second-order valence-electron chi connectivity index (χ2n) is 3.61. The van der Waals surface area contributed by atoms with Crippen molar-refractivity contribution >= 4 is 23.6 Å². The number of carboxylic acids is 1. The summed E-state index contributed by atoms with van der Waals surface area (Å²) < 4.78 is 2.59. The zero-order chi connectivity index (χ0) is 13.8. The molecule has 0 atom stereocenters. The van der Waals surface area contributed by atoms with Crippen LogP contribution in [-0.2, 0) is 18.4 Å². The lowest BCUT2D eigenvalue weighted by Gasteiger charge is -2.04. The minimum Gasteiger partial charge on any atom is -0.480 e. The third kappa shape index (κ3) is 3.28. The van der Waals surface area contributed by atoms with Crippen molar-refractivity contribution in [2.75, 3.05) is 10.6 Å². The van der Waals surface area contributed by atoms with Crippen LogP contribution in [0, 0.1) is 0 Å². The van der Waals surface area contributed by atoms with Crippen molar-refractivity contribution in [1.29, 1.82) is 0 Å². The van der Waals surface area contributed by atoms with Gasteiger partial charge in [-0.3, -0.25) is 14.8 Å². The Morgan fingerprint density at radius 3 is 2.79 bits per heavy atom. The summed E-state index contributed by atoms with van der Waals surface area (Å²) in [5, 5.41) is 21.1. The predicted molar refractivity (Wildman–Crippen MR) is 63.5 cm³/mol. The van der Waals surface area contributed by atoms with Crippen molar-refractivity contribution in [1.82, 2.24) is 24.5 Å². The Morgan fingerprint density at radius 2 is 2.16 bits per heavy atom. The van der Waals surface area contributed by atoms with Crippen molar-refractivity contribution in [2.45, 2.75) is 6.54 Å². The molecule has 0 aliphatic rings. The Hall–Kier alpha value is -2.91. The molecule has 0 saturated carbocycles. The van der Waals surface area contributed by atoms with Crippen molar-refractivity contribution < 1.29 is 14.7 Å². The number of carbonyl (C=O) groups excluding carboxylic acids is 1. The van der Waals surface area contributed by atoms with Crippen LogP contribution < -0.4 is 10.6 Å². The molecule has 19 heavy (non-hydrogen) atoms. The first-order valence-electron chi connectivity index (χ1n) is 5.21. The molecule has 0 saturated heterocycles. The monoisotopic (exact) mass is 265 g/mol. The van der Waals surface area contributed by atoms with Crippen LogP contribution >= 0.6 is 0 Å². The number of amides is 2. The van der Waals surface area contributed by atoms with Gasteiger partial charge in [-0.1, -0.05) is 0 Å². The van der Waals surface area contributed by atoms with Gasteiger partial charge in [0.1, 0.15) is 12.9 Å².